The normalized spacial score (nSPS) is 15.3. The topological polar surface area (TPSA) is 38.2 Å². The highest BCUT2D eigenvalue weighted by Gasteiger charge is 2.16. The fraction of sp³-hybridized carbons (Fsp3) is 0.333. The number of fused-ring (bicyclic) bond motifs is 2. The number of methoxy groups -OCH3 is 1. The van der Waals surface area contributed by atoms with Crippen LogP contribution in [0.15, 0.2) is 35.8 Å². The van der Waals surface area contributed by atoms with Gasteiger partial charge < -0.3 is 4.74 Å². The van der Waals surface area contributed by atoms with E-state index in [2.05, 4.69) is 39.1 Å². The van der Waals surface area contributed by atoms with Crippen LogP contribution in [0, 0.1) is 0 Å². The second-order valence-corrected chi connectivity index (χ2v) is 6.78. The summed E-state index contributed by atoms with van der Waals surface area (Å²) in [5.41, 5.74) is 6.89. The Labute approximate surface area is 139 Å². The van der Waals surface area contributed by atoms with Crippen LogP contribution in [0.1, 0.15) is 16.8 Å². The maximum atomic E-state index is 5.25. The Balaban J connectivity index is 1.49. The Morgan fingerprint density at radius 1 is 1.17 bits per heavy atom. The minimum atomic E-state index is 0.714. The summed E-state index contributed by atoms with van der Waals surface area (Å²) in [5.74, 6) is 0.714. The highest BCUT2D eigenvalue weighted by molar-refractivity contribution is 7.16. The van der Waals surface area contributed by atoms with Gasteiger partial charge in [0.05, 0.1) is 22.8 Å². The number of nitrogens with zero attached hydrogens (tertiary/aromatic N) is 3. The molecule has 2 aromatic heterocycles. The molecule has 0 aliphatic carbocycles. The maximum Gasteiger partial charge on any atom is 0.213 e. The van der Waals surface area contributed by atoms with Crippen molar-refractivity contribution in [2.45, 2.75) is 19.4 Å². The lowest BCUT2D eigenvalue weighted by molar-refractivity contribution is 0.279. The number of aromatic nitrogens is 2. The number of hydrogen-bond donors (Lipinski definition) is 0. The molecule has 0 fully saturated rings. The van der Waals surface area contributed by atoms with Crippen LogP contribution in [-0.4, -0.2) is 35.1 Å². The monoisotopic (exact) mass is 325 g/mol. The first-order valence-electron chi connectivity index (χ1n) is 7.89. The third-order valence-electron chi connectivity index (χ3n) is 4.42. The van der Waals surface area contributed by atoms with E-state index in [0.29, 0.717) is 5.88 Å². The SMILES string of the molecule is COc1ccc2c(n1)CCN(Cc1ccc3scnc3c1)CC2. The van der Waals surface area contributed by atoms with E-state index < -0.39 is 0 Å². The van der Waals surface area contributed by atoms with Crippen LogP contribution < -0.4 is 4.74 Å². The molecular formula is C18H19N3OS. The van der Waals surface area contributed by atoms with Gasteiger partial charge in [-0.2, -0.15) is 0 Å². The predicted molar refractivity (Wildman–Crippen MR) is 93.1 cm³/mol. The van der Waals surface area contributed by atoms with Gasteiger partial charge in [-0.3, -0.25) is 4.90 Å². The summed E-state index contributed by atoms with van der Waals surface area (Å²) in [5, 5.41) is 0. The summed E-state index contributed by atoms with van der Waals surface area (Å²) >= 11 is 1.70. The molecule has 1 aromatic carbocycles. The largest absolute Gasteiger partial charge is 0.481 e. The maximum absolute atomic E-state index is 5.25. The fourth-order valence-corrected chi connectivity index (χ4v) is 3.80. The molecule has 0 radical (unpaired) electrons. The van der Waals surface area contributed by atoms with Crippen LogP contribution in [-0.2, 0) is 19.4 Å². The van der Waals surface area contributed by atoms with Gasteiger partial charge in [0.15, 0.2) is 0 Å². The Hall–Kier alpha value is -1.98. The van der Waals surface area contributed by atoms with E-state index in [0.717, 1.165) is 38.0 Å². The smallest absolute Gasteiger partial charge is 0.213 e. The molecule has 0 N–H and O–H groups in total. The van der Waals surface area contributed by atoms with Crippen molar-refractivity contribution in [2.24, 2.45) is 0 Å². The first-order chi connectivity index (χ1) is 11.3. The minimum Gasteiger partial charge on any atom is -0.481 e. The molecule has 3 heterocycles. The van der Waals surface area contributed by atoms with Gasteiger partial charge in [-0.1, -0.05) is 12.1 Å². The molecule has 0 spiro atoms. The molecule has 0 bridgehead atoms. The summed E-state index contributed by atoms with van der Waals surface area (Å²) in [6.07, 6.45) is 2.02. The van der Waals surface area contributed by atoms with Crippen LogP contribution in [0.4, 0.5) is 0 Å². The number of hydrogen-bond acceptors (Lipinski definition) is 5. The van der Waals surface area contributed by atoms with Gasteiger partial charge in [-0.15, -0.1) is 11.3 Å². The summed E-state index contributed by atoms with van der Waals surface area (Å²) in [7, 11) is 1.67. The van der Waals surface area contributed by atoms with Crippen molar-refractivity contribution in [2.75, 3.05) is 20.2 Å². The average Bonchev–Trinajstić information content (AvgIpc) is 2.96. The molecule has 3 aromatic rings. The molecule has 0 saturated carbocycles. The van der Waals surface area contributed by atoms with Crippen molar-refractivity contribution in [1.29, 1.82) is 0 Å². The molecule has 23 heavy (non-hydrogen) atoms. The zero-order valence-electron chi connectivity index (χ0n) is 13.2. The third-order valence-corrected chi connectivity index (χ3v) is 5.23. The van der Waals surface area contributed by atoms with E-state index >= 15 is 0 Å². The number of benzene rings is 1. The van der Waals surface area contributed by atoms with Crippen molar-refractivity contribution >= 4 is 21.6 Å². The molecule has 0 atom stereocenters. The van der Waals surface area contributed by atoms with Gasteiger partial charge in [0.1, 0.15) is 0 Å². The number of pyridine rings is 1. The van der Waals surface area contributed by atoms with Gasteiger partial charge in [0.2, 0.25) is 5.88 Å². The Morgan fingerprint density at radius 2 is 2.09 bits per heavy atom. The first kappa shape index (κ1) is 14.6. The lowest BCUT2D eigenvalue weighted by Gasteiger charge is -2.19. The van der Waals surface area contributed by atoms with Crippen molar-refractivity contribution in [3.8, 4) is 5.88 Å². The van der Waals surface area contributed by atoms with E-state index in [1.165, 1.54) is 21.5 Å². The standard InChI is InChI=1S/C18H19N3OS/c1-22-18-5-3-14-6-8-21(9-7-15(14)20-18)11-13-2-4-17-16(10-13)19-12-23-17/h2-5,10,12H,6-9,11H2,1H3. The highest BCUT2D eigenvalue weighted by Crippen LogP contribution is 2.22. The molecule has 4 rings (SSSR count). The number of ether oxygens (including phenoxy) is 1. The molecule has 118 valence electrons. The minimum absolute atomic E-state index is 0.714. The fourth-order valence-electron chi connectivity index (χ4n) is 3.14. The lowest BCUT2D eigenvalue weighted by Crippen LogP contribution is -2.25. The lowest BCUT2D eigenvalue weighted by atomic mass is 10.1. The van der Waals surface area contributed by atoms with Gasteiger partial charge in [-0.05, 0) is 29.7 Å². The van der Waals surface area contributed by atoms with E-state index in [-0.39, 0.29) is 0 Å². The summed E-state index contributed by atoms with van der Waals surface area (Å²) in [4.78, 5) is 11.5. The van der Waals surface area contributed by atoms with Gasteiger partial charge in [-0.25, -0.2) is 9.97 Å². The van der Waals surface area contributed by atoms with Gasteiger partial charge in [0, 0.05) is 37.8 Å². The molecule has 5 heteroatoms. The van der Waals surface area contributed by atoms with Crippen LogP contribution in [0.2, 0.25) is 0 Å². The molecule has 1 aliphatic heterocycles. The quantitative estimate of drug-likeness (QED) is 0.740. The molecule has 0 unspecified atom stereocenters. The van der Waals surface area contributed by atoms with Crippen LogP contribution in [0.3, 0.4) is 0 Å². The summed E-state index contributed by atoms with van der Waals surface area (Å²) in [6, 6.07) is 10.7. The van der Waals surface area contributed by atoms with Gasteiger partial charge >= 0.3 is 0 Å². The van der Waals surface area contributed by atoms with E-state index in [1.54, 1.807) is 18.4 Å². The summed E-state index contributed by atoms with van der Waals surface area (Å²) < 4.78 is 6.50. The molecule has 1 aliphatic rings. The van der Waals surface area contributed by atoms with E-state index in [1.807, 2.05) is 11.6 Å². The molecule has 0 amide bonds. The molecular weight excluding hydrogens is 306 g/mol. The van der Waals surface area contributed by atoms with Crippen LogP contribution >= 0.6 is 11.3 Å². The van der Waals surface area contributed by atoms with Crippen LogP contribution in [0.5, 0.6) is 5.88 Å². The second-order valence-electron chi connectivity index (χ2n) is 5.89. The van der Waals surface area contributed by atoms with Crippen molar-refractivity contribution in [1.82, 2.24) is 14.9 Å². The summed E-state index contributed by atoms with van der Waals surface area (Å²) in [6.45, 7) is 3.07. The number of rotatable bonds is 3. The predicted octanol–water partition coefficient (Wildman–Crippen LogP) is 3.30. The first-order valence-corrected chi connectivity index (χ1v) is 8.77. The van der Waals surface area contributed by atoms with Crippen molar-refractivity contribution < 1.29 is 4.74 Å². The second kappa shape index (κ2) is 6.26. The third kappa shape index (κ3) is 3.07. The van der Waals surface area contributed by atoms with E-state index in [4.69, 9.17) is 4.74 Å². The number of thiazole rings is 1. The van der Waals surface area contributed by atoms with Gasteiger partial charge in [0.25, 0.3) is 0 Å². The zero-order chi connectivity index (χ0) is 15.6. The Kier molecular flexibility index (Phi) is 3.97. The Bertz CT molecular complexity index is 830. The average molecular weight is 325 g/mol. The van der Waals surface area contributed by atoms with Crippen molar-refractivity contribution in [3.63, 3.8) is 0 Å². The van der Waals surface area contributed by atoms with Crippen molar-refractivity contribution in [3.05, 3.63) is 52.7 Å². The van der Waals surface area contributed by atoms with E-state index in [9.17, 15) is 0 Å². The highest BCUT2D eigenvalue weighted by atomic mass is 32.1. The molecule has 0 saturated heterocycles. The van der Waals surface area contributed by atoms with Crippen LogP contribution in [0.25, 0.3) is 10.2 Å². The Morgan fingerprint density at radius 3 is 3.00 bits per heavy atom. The molecule has 4 nitrogen and oxygen atoms in total. The zero-order valence-corrected chi connectivity index (χ0v) is 14.0.